The number of carbonyl (C=O) groups excluding carboxylic acids is 1. The summed E-state index contributed by atoms with van der Waals surface area (Å²) in [5, 5.41) is 3.02. The highest BCUT2D eigenvalue weighted by Crippen LogP contribution is 2.29. The lowest BCUT2D eigenvalue weighted by atomic mass is 9.89. The van der Waals surface area contributed by atoms with Gasteiger partial charge < -0.3 is 10.2 Å². The molecule has 1 N–H and O–H groups in total. The van der Waals surface area contributed by atoms with E-state index in [0.29, 0.717) is 5.92 Å². The predicted octanol–water partition coefficient (Wildman–Crippen LogP) is 5.10. The third kappa shape index (κ3) is 5.93. The first-order chi connectivity index (χ1) is 13.1. The highest BCUT2D eigenvalue weighted by Gasteiger charge is 2.20. The molecule has 0 atom stereocenters. The predicted molar refractivity (Wildman–Crippen MR) is 113 cm³/mol. The summed E-state index contributed by atoms with van der Waals surface area (Å²) in [5.74, 6) is 0.677. The number of hydrogen-bond donors (Lipinski definition) is 1. The molecule has 1 fully saturated rings. The van der Waals surface area contributed by atoms with Gasteiger partial charge in [-0.05, 0) is 74.5 Å². The van der Waals surface area contributed by atoms with E-state index in [9.17, 15) is 4.79 Å². The maximum absolute atomic E-state index is 11.9. The highest BCUT2D eigenvalue weighted by atomic mass is 16.1. The van der Waals surface area contributed by atoms with E-state index >= 15 is 0 Å². The summed E-state index contributed by atoms with van der Waals surface area (Å²) in [6.45, 7) is 7.27. The Kier molecular flexibility index (Phi) is 7.05. The van der Waals surface area contributed by atoms with Crippen molar-refractivity contribution >= 4 is 11.6 Å². The van der Waals surface area contributed by atoms with Crippen LogP contribution in [0.3, 0.4) is 0 Å². The van der Waals surface area contributed by atoms with Crippen LogP contribution in [0.1, 0.15) is 50.2 Å². The van der Waals surface area contributed by atoms with Crippen molar-refractivity contribution in [2.45, 2.75) is 39.0 Å². The Labute approximate surface area is 163 Å². The summed E-state index contributed by atoms with van der Waals surface area (Å²) in [7, 11) is 0. The molecule has 1 aliphatic heterocycles. The second-order valence-electron chi connectivity index (χ2n) is 7.79. The number of benzene rings is 2. The molecule has 1 amide bonds. The summed E-state index contributed by atoms with van der Waals surface area (Å²) in [6.07, 6.45) is 5.80. The molecule has 1 heterocycles. The molecular weight excluding hydrogens is 332 g/mol. The minimum absolute atomic E-state index is 0.00425. The van der Waals surface area contributed by atoms with Gasteiger partial charge in [-0.3, -0.25) is 4.79 Å². The fourth-order valence-electron chi connectivity index (χ4n) is 3.65. The number of nitrogens with one attached hydrogen (secondary N) is 1. The summed E-state index contributed by atoms with van der Waals surface area (Å²) < 4.78 is 0. The fourth-order valence-corrected chi connectivity index (χ4v) is 3.65. The molecule has 3 heteroatoms. The molecule has 2 aromatic carbocycles. The van der Waals surface area contributed by atoms with Gasteiger partial charge in [-0.25, -0.2) is 0 Å². The van der Waals surface area contributed by atoms with Crippen LogP contribution in [0.15, 0.2) is 54.6 Å². The first-order valence-corrected chi connectivity index (χ1v) is 10.1. The zero-order chi connectivity index (χ0) is 19.1. The van der Waals surface area contributed by atoms with E-state index < -0.39 is 0 Å². The average molecular weight is 364 g/mol. The van der Waals surface area contributed by atoms with Gasteiger partial charge in [0.1, 0.15) is 0 Å². The van der Waals surface area contributed by atoms with Crippen molar-refractivity contribution in [3.63, 3.8) is 0 Å². The van der Waals surface area contributed by atoms with Crippen molar-refractivity contribution in [1.82, 2.24) is 4.90 Å². The number of nitrogens with zero attached hydrogens (tertiary/aromatic N) is 1. The van der Waals surface area contributed by atoms with Crippen LogP contribution in [-0.4, -0.2) is 30.4 Å². The molecule has 0 unspecified atom stereocenters. The van der Waals surface area contributed by atoms with Crippen LogP contribution < -0.4 is 5.32 Å². The van der Waals surface area contributed by atoms with Crippen molar-refractivity contribution in [3.8, 4) is 0 Å². The van der Waals surface area contributed by atoms with Gasteiger partial charge in [0.2, 0.25) is 5.91 Å². The number of carbonyl (C=O) groups is 1. The first-order valence-electron chi connectivity index (χ1n) is 10.1. The minimum Gasteiger partial charge on any atom is -0.326 e. The van der Waals surface area contributed by atoms with Gasteiger partial charge in [0, 0.05) is 11.6 Å². The molecule has 3 rings (SSSR count). The summed E-state index contributed by atoms with van der Waals surface area (Å²) in [6, 6.07) is 19.0. The molecule has 1 aliphatic rings. The van der Waals surface area contributed by atoms with Crippen molar-refractivity contribution in [1.29, 1.82) is 0 Å². The molecule has 2 aromatic rings. The van der Waals surface area contributed by atoms with Crippen LogP contribution in [0.25, 0.3) is 0 Å². The number of amides is 1. The monoisotopic (exact) mass is 363 g/mol. The number of rotatable bonds is 7. The Morgan fingerprint density at radius 2 is 1.85 bits per heavy atom. The number of likely N-dealkylation sites (tertiary alicyclic amines) is 1. The van der Waals surface area contributed by atoms with E-state index in [-0.39, 0.29) is 11.8 Å². The fraction of sp³-hybridized carbons (Fsp3) is 0.417. The Hall–Kier alpha value is -2.13. The van der Waals surface area contributed by atoms with Crippen LogP contribution in [-0.2, 0) is 4.79 Å². The quantitative estimate of drug-likeness (QED) is 0.742. The van der Waals surface area contributed by atoms with Crippen LogP contribution in [0.4, 0.5) is 5.69 Å². The van der Waals surface area contributed by atoms with E-state index in [4.69, 9.17) is 0 Å². The molecular formula is C24H31N2O. The van der Waals surface area contributed by atoms with Gasteiger partial charge in [0.05, 0.1) is 0 Å². The van der Waals surface area contributed by atoms with Gasteiger partial charge in [0.15, 0.2) is 0 Å². The largest absolute Gasteiger partial charge is 0.326 e. The third-order valence-corrected chi connectivity index (χ3v) is 5.36. The molecule has 0 spiro atoms. The lowest BCUT2D eigenvalue weighted by Gasteiger charge is -2.32. The summed E-state index contributed by atoms with van der Waals surface area (Å²) in [5.41, 5.74) is 3.59. The summed E-state index contributed by atoms with van der Waals surface area (Å²) >= 11 is 0. The van der Waals surface area contributed by atoms with Crippen molar-refractivity contribution in [2.75, 3.05) is 25.0 Å². The second-order valence-corrected chi connectivity index (χ2v) is 7.79. The summed E-state index contributed by atoms with van der Waals surface area (Å²) in [4.78, 5) is 14.5. The highest BCUT2D eigenvalue weighted by molar-refractivity contribution is 5.92. The Balaban J connectivity index is 1.45. The van der Waals surface area contributed by atoms with Gasteiger partial charge in [-0.2, -0.15) is 0 Å². The van der Waals surface area contributed by atoms with E-state index in [1.165, 1.54) is 24.0 Å². The minimum atomic E-state index is 0.00425. The molecule has 143 valence electrons. The van der Waals surface area contributed by atoms with Crippen LogP contribution >= 0.6 is 0 Å². The Morgan fingerprint density at radius 3 is 2.56 bits per heavy atom. The molecule has 27 heavy (non-hydrogen) atoms. The second kappa shape index (κ2) is 9.70. The topological polar surface area (TPSA) is 32.3 Å². The van der Waals surface area contributed by atoms with Gasteiger partial charge in [-0.1, -0.05) is 56.3 Å². The molecule has 0 bridgehead atoms. The number of hydrogen-bond acceptors (Lipinski definition) is 2. The van der Waals surface area contributed by atoms with Crippen molar-refractivity contribution in [2.24, 2.45) is 5.92 Å². The van der Waals surface area contributed by atoms with Crippen LogP contribution in [0.2, 0.25) is 0 Å². The SMILES string of the molecule is CC(C)C(=O)Nc1cccc(C2CCN(CC[CH]c3ccccc3)CC2)c1. The Bertz CT molecular complexity index is 718. The van der Waals surface area contributed by atoms with Crippen molar-refractivity contribution < 1.29 is 4.79 Å². The van der Waals surface area contributed by atoms with E-state index in [1.807, 2.05) is 19.9 Å². The average Bonchev–Trinajstić information content (AvgIpc) is 2.69. The lowest BCUT2D eigenvalue weighted by molar-refractivity contribution is -0.118. The standard InChI is InChI=1S/C24H31N2O/c1-19(2)24(27)25-23-12-6-11-22(18-23)21-13-16-26(17-14-21)15-7-10-20-8-4-3-5-9-20/h3-6,8-12,18-19,21H,7,13-17H2,1-2H3,(H,25,27). The maximum atomic E-state index is 11.9. The van der Waals surface area contributed by atoms with E-state index in [0.717, 1.165) is 31.7 Å². The zero-order valence-electron chi connectivity index (χ0n) is 16.5. The van der Waals surface area contributed by atoms with E-state index in [2.05, 4.69) is 65.2 Å². The first kappa shape index (κ1) is 19.6. The van der Waals surface area contributed by atoms with Gasteiger partial charge in [-0.15, -0.1) is 0 Å². The van der Waals surface area contributed by atoms with Crippen LogP contribution in [0.5, 0.6) is 0 Å². The smallest absolute Gasteiger partial charge is 0.226 e. The molecule has 0 aromatic heterocycles. The maximum Gasteiger partial charge on any atom is 0.226 e. The number of piperidine rings is 1. The molecule has 3 nitrogen and oxygen atoms in total. The van der Waals surface area contributed by atoms with Crippen molar-refractivity contribution in [3.05, 3.63) is 72.1 Å². The molecule has 0 saturated carbocycles. The Morgan fingerprint density at radius 1 is 1.11 bits per heavy atom. The third-order valence-electron chi connectivity index (χ3n) is 5.36. The molecule has 1 saturated heterocycles. The number of anilines is 1. The van der Waals surface area contributed by atoms with Crippen LogP contribution in [0, 0.1) is 12.3 Å². The van der Waals surface area contributed by atoms with E-state index in [1.54, 1.807) is 0 Å². The zero-order valence-corrected chi connectivity index (χ0v) is 16.5. The van der Waals surface area contributed by atoms with Gasteiger partial charge >= 0.3 is 0 Å². The normalized spacial score (nSPS) is 15.8. The van der Waals surface area contributed by atoms with Gasteiger partial charge in [0.25, 0.3) is 0 Å². The molecule has 0 aliphatic carbocycles. The lowest BCUT2D eigenvalue weighted by Crippen LogP contribution is -2.33. The molecule has 1 radical (unpaired) electrons.